The van der Waals surface area contributed by atoms with Crippen LogP contribution in [0.1, 0.15) is 36.4 Å². The molecule has 0 saturated heterocycles. The first-order valence-corrected chi connectivity index (χ1v) is 7.40. The van der Waals surface area contributed by atoms with Crippen LogP contribution in [0.5, 0.6) is 5.75 Å². The third-order valence-electron chi connectivity index (χ3n) is 3.17. The van der Waals surface area contributed by atoms with Gasteiger partial charge < -0.3 is 20.2 Å². The SMILES string of the molecule is CC(C)CCOc1cccc(NC(=O)c2coc(CN)c2)c1. The summed E-state index contributed by atoms with van der Waals surface area (Å²) >= 11 is 0. The number of nitrogens with one attached hydrogen (secondary N) is 1. The molecule has 0 bridgehead atoms. The number of amides is 1. The van der Waals surface area contributed by atoms with Crippen molar-refractivity contribution in [3.8, 4) is 5.75 Å². The molecule has 0 unspecified atom stereocenters. The third-order valence-corrected chi connectivity index (χ3v) is 3.17. The second-order valence-electron chi connectivity index (χ2n) is 5.52. The number of furan rings is 1. The van der Waals surface area contributed by atoms with Crippen LogP contribution >= 0.6 is 0 Å². The molecule has 0 radical (unpaired) electrons. The van der Waals surface area contributed by atoms with E-state index in [0.717, 1.165) is 12.2 Å². The Kier molecular flexibility index (Phi) is 5.61. The quantitative estimate of drug-likeness (QED) is 0.821. The number of carbonyl (C=O) groups excluding carboxylic acids is 1. The van der Waals surface area contributed by atoms with Gasteiger partial charge in [0.25, 0.3) is 5.91 Å². The summed E-state index contributed by atoms with van der Waals surface area (Å²) in [6.45, 7) is 5.24. The molecule has 1 aromatic carbocycles. The number of hydrogen-bond acceptors (Lipinski definition) is 4. The minimum Gasteiger partial charge on any atom is -0.494 e. The fourth-order valence-corrected chi connectivity index (χ4v) is 1.89. The Hall–Kier alpha value is -2.27. The average Bonchev–Trinajstić information content (AvgIpc) is 2.96. The van der Waals surface area contributed by atoms with Crippen LogP contribution < -0.4 is 15.8 Å². The smallest absolute Gasteiger partial charge is 0.258 e. The molecule has 1 heterocycles. The molecule has 0 aliphatic heterocycles. The Morgan fingerprint density at radius 3 is 2.86 bits per heavy atom. The van der Waals surface area contributed by atoms with E-state index in [1.165, 1.54) is 6.26 Å². The Balaban J connectivity index is 1.96. The second-order valence-corrected chi connectivity index (χ2v) is 5.52. The van der Waals surface area contributed by atoms with Gasteiger partial charge in [0.05, 0.1) is 18.7 Å². The summed E-state index contributed by atoms with van der Waals surface area (Å²) in [7, 11) is 0. The number of benzene rings is 1. The molecule has 2 aromatic rings. The Morgan fingerprint density at radius 2 is 2.18 bits per heavy atom. The highest BCUT2D eigenvalue weighted by Gasteiger charge is 2.10. The summed E-state index contributed by atoms with van der Waals surface area (Å²) in [6, 6.07) is 8.99. The van der Waals surface area contributed by atoms with E-state index in [-0.39, 0.29) is 12.5 Å². The van der Waals surface area contributed by atoms with Gasteiger partial charge in [0.15, 0.2) is 0 Å². The first kappa shape index (κ1) is 16.1. The molecule has 5 nitrogen and oxygen atoms in total. The van der Waals surface area contributed by atoms with E-state index in [1.807, 2.05) is 24.3 Å². The maximum absolute atomic E-state index is 12.1. The molecular formula is C17H22N2O3. The van der Waals surface area contributed by atoms with Gasteiger partial charge in [0, 0.05) is 11.8 Å². The highest BCUT2D eigenvalue weighted by molar-refractivity contribution is 6.04. The summed E-state index contributed by atoms with van der Waals surface area (Å²) in [5.74, 6) is 1.69. The first-order valence-electron chi connectivity index (χ1n) is 7.40. The molecule has 1 aromatic heterocycles. The summed E-state index contributed by atoms with van der Waals surface area (Å²) in [6.07, 6.45) is 2.40. The van der Waals surface area contributed by atoms with Crippen LogP contribution in [0, 0.1) is 5.92 Å². The van der Waals surface area contributed by atoms with E-state index in [2.05, 4.69) is 19.2 Å². The van der Waals surface area contributed by atoms with Crippen LogP contribution in [0.4, 0.5) is 5.69 Å². The molecule has 22 heavy (non-hydrogen) atoms. The molecule has 0 aliphatic rings. The molecule has 3 N–H and O–H groups in total. The van der Waals surface area contributed by atoms with Gasteiger partial charge in [0.1, 0.15) is 17.8 Å². The third kappa shape index (κ3) is 4.63. The van der Waals surface area contributed by atoms with Gasteiger partial charge in [-0.15, -0.1) is 0 Å². The van der Waals surface area contributed by atoms with Crippen molar-refractivity contribution < 1.29 is 13.9 Å². The summed E-state index contributed by atoms with van der Waals surface area (Å²) in [5.41, 5.74) is 6.59. The normalized spacial score (nSPS) is 10.7. The van der Waals surface area contributed by atoms with Crippen molar-refractivity contribution in [1.82, 2.24) is 0 Å². The number of nitrogens with two attached hydrogens (primary N) is 1. The fourth-order valence-electron chi connectivity index (χ4n) is 1.89. The molecule has 118 valence electrons. The number of ether oxygens (including phenoxy) is 1. The summed E-state index contributed by atoms with van der Waals surface area (Å²) < 4.78 is 10.8. The standard InChI is InChI=1S/C17H22N2O3/c1-12(2)6-7-21-15-5-3-4-14(9-15)19-17(20)13-8-16(10-18)22-11-13/h3-5,8-9,11-12H,6-7,10,18H2,1-2H3,(H,19,20). The van der Waals surface area contributed by atoms with Gasteiger partial charge in [0.2, 0.25) is 0 Å². The first-order chi connectivity index (χ1) is 10.6. The number of carbonyl (C=O) groups is 1. The van der Waals surface area contributed by atoms with Gasteiger partial charge >= 0.3 is 0 Å². The molecule has 0 aliphatic carbocycles. The van der Waals surface area contributed by atoms with E-state index in [4.69, 9.17) is 14.9 Å². The van der Waals surface area contributed by atoms with Crippen LogP contribution in [-0.2, 0) is 6.54 Å². The van der Waals surface area contributed by atoms with Crippen molar-refractivity contribution >= 4 is 11.6 Å². The highest BCUT2D eigenvalue weighted by atomic mass is 16.5. The van der Waals surface area contributed by atoms with E-state index < -0.39 is 0 Å². The summed E-state index contributed by atoms with van der Waals surface area (Å²) in [4.78, 5) is 12.1. The lowest BCUT2D eigenvalue weighted by Crippen LogP contribution is -2.11. The zero-order chi connectivity index (χ0) is 15.9. The van der Waals surface area contributed by atoms with Crippen molar-refractivity contribution in [3.63, 3.8) is 0 Å². The molecule has 1 amide bonds. The van der Waals surface area contributed by atoms with Gasteiger partial charge in [-0.1, -0.05) is 19.9 Å². The van der Waals surface area contributed by atoms with E-state index in [9.17, 15) is 4.79 Å². The van der Waals surface area contributed by atoms with Gasteiger partial charge in [-0.3, -0.25) is 4.79 Å². The molecule has 0 fully saturated rings. The molecule has 0 spiro atoms. The van der Waals surface area contributed by atoms with Crippen molar-refractivity contribution in [1.29, 1.82) is 0 Å². The number of hydrogen-bond donors (Lipinski definition) is 2. The predicted molar refractivity (Wildman–Crippen MR) is 85.9 cm³/mol. The van der Waals surface area contributed by atoms with Crippen molar-refractivity contribution in [2.24, 2.45) is 11.7 Å². The minimum atomic E-state index is -0.234. The van der Waals surface area contributed by atoms with Gasteiger partial charge in [-0.25, -0.2) is 0 Å². The Labute approximate surface area is 130 Å². The highest BCUT2D eigenvalue weighted by Crippen LogP contribution is 2.19. The monoisotopic (exact) mass is 302 g/mol. The molecule has 2 rings (SSSR count). The second kappa shape index (κ2) is 7.66. The lowest BCUT2D eigenvalue weighted by Gasteiger charge is -2.10. The van der Waals surface area contributed by atoms with E-state index in [1.54, 1.807) is 6.07 Å². The van der Waals surface area contributed by atoms with Gasteiger partial charge in [-0.05, 0) is 30.5 Å². The van der Waals surface area contributed by atoms with E-state index >= 15 is 0 Å². The Bertz CT molecular complexity index is 620. The van der Waals surface area contributed by atoms with E-state index in [0.29, 0.717) is 29.5 Å². The Morgan fingerprint density at radius 1 is 1.36 bits per heavy atom. The van der Waals surface area contributed by atoms with Gasteiger partial charge in [-0.2, -0.15) is 0 Å². The van der Waals surface area contributed by atoms with Crippen molar-refractivity contribution in [2.45, 2.75) is 26.8 Å². The van der Waals surface area contributed by atoms with Crippen LogP contribution in [-0.4, -0.2) is 12.5 Å². The topological polar surface area (TPSA) is 77.5 Å². The summed E-state index contributed by atoms with van der Waals surface area (Å²) in [5, 5.41) is 2.82. The number of rotatable bonds is 7. The molecule has 0 atom stereocenters. The lowest BCUT2D eigenvalue weighted by molar-refractivity contribution is 0.102. The minimum absolute atomic E-state index is 0.234. The number of anilines is 1. The zero-order valence-corrected chi connectivity index (χ0v) is 13.0. The van der Waals surface area contributed by atoms with Crippen molar-refractivity contribution in [2.75, 3.05) is 11.9 Å². The van der Waals surface area contributed by atoms with Crippen molar-refractivity contribution in [3.05, 3.63) is 47.9 Å². The zero-order valence-electron chi connectivity index (χ0n) is 13.0. The van der Waals surface area contributed by atoms with Crippen LogP contribution in [0.15, 0.2) is 41.0 Å². The van der Waals surface area contributed by atoms with Crippen LogP contribution in [0.2, 0.25) is 0 Å². The maximum atomic E-state index is 12.1. The molecule has 5 heteroatoms. The molecule has 0 saturated carbocycles. The predicted octanol–water partition coefficient (Wildman–Crippen LogP) is 3.42. The average molecular weight is 302 g/mol. The lowest BCUT2D eigenvalue weighted by atomic mass is 10.1. The maximum Gasteiger partial charge on any atom is 0.258 e. The fraction of sp³-hybridized carbons (Fsp3) is 0.353. The largest absolute Gasteiger partial charge is 0.494 e. The van der Waals surface area contributed by atoms with Crippen LogP contribution in [0.3, 0.4) is 0 Å². The van der Waals surface area contributed by atoms with Crippen LogP contribution in [0.25, 0.3) is 0 Å². The molecular weight excluding hydrogens is 280 g/mol.